The molecule has 1 aliphatic carbocycles. The molecule has 1 amide bonds. The van der Waals surface area contributed by atoms with E-state index in [1.54, 1.807) is 18.5 Å². The smallest absolute Gasteiger partial charge is 0.238 e. The number of aromatic amines is 1. The van der Waals surface area contributed by atoms with E-state index in [4.69, 9.17) is 5.26 Å². The van der Waals surface area contributed by atoms with Crippen molar-refractivity contribution in [3.63, 3.8) is 0 Å². The zero-order chi connectivity index (χ0) is 19.3. The molecule has 2 aromatic rings. The lowest BCUT2D eigenvalue weighted by atomic mass is 9.88. The number of fused-ring (bicyclic) bond motifs is 1. The number of H-pyrrole nitrogens is 1. The molecule has 2 aliphatic rings. The first-order valence-electron chi connectivity index (χ1n) is 10.2. The molecule has 1 saturated carbocycles. The number of carbonyl (C=O) groups excluding carboxylic acids is 1. The summed E-state index contributed by atoms with van der Waals surface area (Å²) in [6, 6.07) is 9.31. The van der Waals surface area contributed by atoms with Gasteiger partial charge < -0.3 is 10.3 Å². The molecule has 1 aromatic carbocycles. The van der Waals surface area contributed by atoms with Gasteiger partial charge in [-0.3, -0.25) is 9.69 Å². The van der Waals surface area contributed by atoms with Gasteiger partial charge in [0.25, 0.3) is 0 Å². The number of rotatable bonds is 5. The molecule has 4 rings (SSSR count). The Bertz CT molecular complexity index is 845. The minimum atomic E-state index is -0.170. The first kappa shape index (κ1) is 18.7. The van der Waals surface area contributed by atoms with Crippen molar-refractivity contribution < 1.29 is 4.79 Å². The number of nitrogens with zero attached hydrogens (tertiary/aromatic N) is 3. The fourth-order valence-corrected chi connectivity index (χ4v) is 4.44. The van der Waals surface area contributed by atoms with Crippen LogP contribution in [0.2, 0.25) is 0 Å². The topological polar surface area (TPSA) is 84.8 Å². The highest BCUT2D eigenvalue weighted by molar-refractivity contribution is 5.82. The van der Waals surface area contributed by atoms with Crippen LogP contribution in [0.4, 0.5) is 0 Å². The number of aromatic nitrogens is 2. The summed E-state index contributed by atoms with van der Waals surface area (Å²) in [5.41, 5.74) is 3.79. The zero-order valence-electron chi connectivity index (χ0n) is 16.2. The van der Waals surface area contributed by atoms with E-state index in [-0.39, 0.29) is 11.9 Å². The standard InChI is InChI=1S/C22H27N5O/c23-11-16-6-8-17(9-7-16)12-24-22(28)21-10-19-20(26-15-25-19)14-27(21)13-18-4-2-1-3-5-18/h6-9,15,18,21H,1-5,10,12-14H2,(H,24,28)(H,25,26)/t21-/m0/s1. The summed E-state index contributed by atoms with van der Waals surface area (Å²) in [4.78, 5) is 23.0. The van der Waals surface area contributed by atoms with E-state index in [0.717, 1.165) is 30.0 Å². The van der Waals surface area contributed by atoms with Gasteiger partial charge in [-0.15, -0.1) is 0 Å². The maximum Gasteiger partial charge on any atom is 0.238 e. The lowest BCUT2D eigenvalue weighted by Gasteiger charge is -2.37. The van der Waals surface area contributed by atoms with E-state index in [2.05, 4.69) is 26.3 Å². The molecule has 1 atom stereocenters. The SMILES string of the molecule is N#Cc1ccc(CNC(=O)[C@@H]2Cc3nc[nH]c3CN2CC2CCCCC2)cc1. The van der Waals surface area contributed by atoms with Crippen molar-refractivity contribution in [1.29, 1.82) is 5.26 Å². The predicted molar refractivity (Wildman–Crippen MR) is 106 cm³/mol. The van der Waals surface area contributed by atoms with E-state index >= 15 is 0 Å². The molecule has 1 aromatic heterocycles. The third-order valence-electron chi connectivity index (χ3n) is 6.07. The molecule has 6 heteroatoms. The Balaban J connectivity index is 1.42. The van der Waals surface area contributed by atoms with E-state index in [1.165, 1.54) is 32.1 Å². The minimum absolute atomic E-state index is 0.0637. The lowest BCUT2D eigenvalue weighted by molar-refractivity contribution is -0.127. The third kappa shape index (κ3) is 4.26. The van der Waals surface area contributed by atoms with Gasteiger partial charge in [-0.25, -0.2) is 4.98 Å². The quantitative estimate of drug-likeness (QED) is 0.839. The predicted octanol–water partition coefficient (Wildman–Crippen LogP) is 2.90. The average Bonchev–Trinajstić information content (AvgIpc) is 3.20. The van der Waals surface area contributed by atoms with Crippen molar-refractivity contribution in [1.82, 2.24) is 20.2 Å². The van der Waals surface area contributed by atoms with Gasteiger partial charge in [0, 0.05) is 26.1 Å². The summed E-state index contributed by atoms with van der Waals surface area (Å²) in [6.07, 6.45) is 8.89. The molecule has 0 radical (unpaired) electrons. The fourth-order valence-electron chi connectivity index (χ4n) is 4.44. The fraction of sp³-hybridized carbons (Fsp3) is 0.500. The van der Waals surface area contributed by atoms with Crippen molar-refractivity contribution in [3.8, 4) is 6.07 Å². The van der Waals surface area contributed by atoms with Crippen LogP contribution in [0, 0.1) is 17.2 Å². The Labute approximate surface area is 166 Å². The number of amides is 1. The number of imidazole rings is 1. The largest absolute Gasteiger partial charge is 0.351 e. The van der Waals surface area contributed by atoms with Crippen molar-refractivity contribution in [2.75, 3.05) is 6.54 Å². The molecular formula is C22H27N5O. The Hall–Kier alpha value is -2.65. The summed E-state index contributed by atoms with van der Waals surface area (Å²) >= 11 is 0. The molecule has 1 fully saturated rings. The summed E-state index contributed by atoms with van der Waals surface area (Å²) < 4.78 is 0. The van der Waals surface area contributed by atoms with E-state index in [0.29, 0.717) is 24.4 Å². The summed E-state index contributed by atoms with van der Waals surface area (Å²) in [6.45, 7) is 2.22. The number of benzene rings is 1. The third-order valence-corrected chi connectivity index (χ3v) is 6.07. The van der Waals surface area contributed by atoms with Crippen LogP contribution in [0.15, 0.2) is 30.6 Å². The molecule has 2 heterocycles. The van der Waals surface area contributed by atoms with Gasteiger partial charge in [-0.05, 0) is 36.5 Å². The van der Waals surface area contributed by atoms with Crippen LogP contribution < -0.4 is 5.32 Å². The van der Waals surface area contributed by atoms with Gasteiger partial charge in [0.15, 0.2) is 0 Å². The molecule has 28 heavy (non-hydrogen) atoms. The second-order valence-corrected chi connectivity index (χ2v) is 8.01. The molecule has 146 valence electrons. The van der Waals surface area contributed by atoms with Crippen molar-refractivity contribution >= 4 is 5.91 Å². The molecular weight excluding hydrogens is 350 g/mol. The van der Waals surface area contributed by atoms with Gasteiger partial charge in [-0.2, -0.15) is 5.26 Å². The molecule has 6 nitrogen and oxygen atoms in total. The number of nitriles is 1. The summed E-state index contributed by atoms with van der Waals surface area (Å²) in [7, 11) is 0. The molecule has 1 aliphatic heterocycles. The molecule has 0 unspecified atom stereocenters. The van der Waals surface area contributed by atoms with Crippen molar-refractivity contribution in [2.45, 2.75) is 57.7 Å². The monoisotopic (exact) mass is 377 g/mol. The Kier molecular flexibility index (Phi) is 5.73. The Morgan fingerprint density at radius 3 is 2.79 bits per heavy atom. The second kappa shape index (κ2) is 8.57. The number of hydrogen-bond acceptors (Lipinski definition) is 4. The summed E-state index contributed by atoms with van der Waals surface area (Å²) in [5.74, 6) is 0.751. The van der Waals surface area contributed by atoms with E-state index in [1.807, 2.05) is 12.1 Å². The van der Waals surface area contributed by atoms with Gasteiger partial charge >= 0.3 is 0 Å². The molecule has 0 saturated heterocycles. The highest BCUT2D eigenvalue weighted by Crippen LogP contribution is 2.28. The first-order valence-corrected chi connectivity index (χ1v) is 10.2. The van der Waals surface area contributed by atoms with Gasteiger partial charge in [-0.1, -0.05) is 31.4 Å². The van der Waals surface area contributed by atoms with Crippen LogP contribution in [0.25, 0.3) is 0 Å². The van der Waals surface area contributed by atoms with Crippen LogP contribution in [0.1, 0.15) is 54.6 Å². The highest BCUT2D eigenvalue weighted by atomic mass is 16.2. The number of carbonyl (C=O) groups is 1. The van der Waals surface area contributed by atoms with Crippen LogP contribution in [-0.4, -0.2) is 33.4 Å². The van der Waals surface area contributed by atoms with E-state index in [9.17, 15) is 4.79 Å². The molecule has 2 N–H and O–H groups in total. The van der Waals surface area contributed by atoms with Crippen LogP contribution >= 0.6 is 0 Å². The normalized spacial score (nSPS) is 20.3. The van der Waals surface area contributed by atoms with E-state index < -0.39 is 0 Å². The Morgan fingerprint density at radius 1 is 1.25 bits per heavy atom. The average molecular weight is 377 g/mol. The van der Waals surface area contributed by atoms with Crippen LogP contribution in [0.3, 0.4) is 0 Å². The van der Waals surface area contributed by atoms with Gasteiger partial charge in [0.05, 0.1) is 35.4 Å². The highest BCUT2D eigenvalue weighted by Gasteiger charge is 2.34. The maximum absolute atomic E-state index is 13.0. The van der Waals surface area contributed by atoms with Crippen LogP contribution in [0.5, 0.6) is 0 Å². The minimum Gasteiger partial charge on any atom is -0.351 e. The molecule has 0 spiro atoms. The van der Waals surface area contributed by atoms with Crippen molar-refractivity contribution in [3.05, 3.63) is 53.1 Å². The number of hydrogen-bond donors (Lipinski definition) is 2. The van der Waals surface area contributed by atoms with Crippen molar-refractivity contribution in [2.24, 2.45) is 5.92 Å². The van der Waals surface area contributed by atoms with Crippen LogP contribution in [-0.2, 0) is 24.3 Å². The first-order chi connectivity index (χ1) is 13.7. The zero-order valence-corrected chi connectivity index (χ0v) is 16.2. The van der Waals surface area contributed by atoms with Gasteiger partial charge in [0.1, 0.15) is 0 Å². The summed E-state index contributed by atoms with van der Waals surface area (Å²) in [5, 5.41) is 12.0. The maximum atomic E-state index is 13.0. The molecule has 0 bridgehead atoms. The number of nitrogens with one attached hydrogen (secondary N) is 2. The Morgan fingerprint density at radius 2 is 2.04 bits per heavy atom. The van der Waals surface area contributed by atoms with Gasteiger partial charge in [0.2, 0.25) is 5.91 Å². The second-order valence-electron chi connectivity index (χ2n) is 8.01. The lowest BCUT2D eigenvalue weighted by Crippen LogP contribution is -2.51.